The van der Waals surface area contributed by atoms with E-state index < -0.39 is 0 Å². The molecule has 0 aromatic heterocycles. The van der Waals surface area contributed by atoms with Gasteiger partial charge in [-0.05, 0) is 72.6 Å². The molecule has 0 amide bonds. The molecule has 0 radical (unpaired) electrons. The van der Waals surface area contributed by atoms with Crippen LogP contribution in [0.2, 0.25) is 0 Å². The van der Waals surface area contributed by atoms with E-state index in [-0.39, 0.29) is 23.5 Å². The van der Waals surface area contributed by atoms with Crippen LogP contribution in [-0.4, -0.2) is 53.6 Å². The predicted octanol–water partition coefficient (Wildman–Crippen LogP) is 3.77. The Balaban J connectivity index is 1.50. The molecule has 1 unspecified atom stereocenters. The maximum atomic E-state index is 8.31. The van der Waals surface area contributed by atoms with E-state index in [9.17, 15) is 0 Å². The first-order chi connectivity index (χ1) is 11.8. The van der Waals surface area contributed by atoms with Gasteiger partial charge in [-0.1, -0.05) is 17.9 Å². The van der Waals surface area contributed by atoms with Crippen molar-refractivity contribution in [2.75, 3.05) is 19.8 Å². The highest BCUT2D eigenvalue weighted by Gasteiger charge is 2.48. The summed E-state index contributed by atoms with van der Waals surface area (Å²) in [5, 5.41) is 10.1. The van der Waals surface area contributed by atoms with Crippen LogP contribution in [-0.2, 0) is 14.2 Å². The Labute approximate surface area is 154 Å². The molecule has 25 heavy (non-hydrogen) atoms. The molecule has 2 aliphatic rings. The number of rotatable bonds is 9. The second kappa shape index (κ2) is 9.65. The molecule has 2 rings (SSSR count). The highest BCUT2D eigenvalue weighted by Crippen LogP contribution is 2.37. The summed E-state index contributed by atoms with van der Waals surface area (Å²) in [6.45, 7) is 11.1. The number of hydrogen-bond acceptors (Lipinski definition) is 4. The minimum atomic E-state index is -0.120. The lowest BCUT2D eigenvalue weighted by atomic mass is 9.80. The van der Waals surface area contributed by atoms with Crippen molar-refractivity contribution >= 4 is 0 Å². The van der Waals surface area contributed by atoms with Crippen molar-refractivity contribution in [2.45, 2.75) is 109 Å². The van der Waals surface area contributed by atoms with E-state index in [1.165, 1.54) is 25.7 Å². The Bertz CT molecular complexity index is 362. The molecule has 5 heteroatoms. The summed E-state index contributed by atoms with van der Waals surface area (Å²) in [4.78, 5) is 0. The van der Waals surface area contributed by atoms with Crippen LogP contribution in [0.15, 0.2) is 0 Å². The van der Waals surface area contributed by atoms with E-state index >= 15 is 0 Å². The largest absolute Gasteiger partial charge is 0.378 e. The van der Waals surface area contributed by atoms with Crippen LogP contribution in [0.25, 0.3) is 0 Å². The molecule has 148 valence electrons. The van der Waals surface area contributed by atoms with Crippen molar-refractivity contribution in [3.05, 3.63) is 0 Å². The zero-order valence-electron chi connectivity index (χ0n) is 16.8. The summed E-state index contributed by atoms with van der Waals surface area (Å²) in [5.74, 6) is 0. The molecular formula is C20H40NO4+. The molecule has 2 fully saturated rings. The summed E-state index contributed by atoms with van der Waals surface area (Å²) < 4.78 is 17.5. The SMILES string of the molecule is CC1(C)CC(OCCCCCCOC2CCCCO2)CC(C)(C)N1[OH2+]. The molecule has 0 aliphatic carbocycles. The fourth-order valence-electron chi connectivity index (χ4n) is 4.17. The lowest BCUT2D eigenvalue weighted by molar-refractivity contribution is -0.261. The van der Waals surface area contributed by atoms with Crippen molar-refractivity contribution in [1.29, 1.82) is 0 Å². The summed E-state index contributed by atoms with van der Waals surface area (Å²) in [6, 6.07) is 0. The van der Waals surface area contributed by atoms with Crippen LogP contribution in [0, 0.1) is 0 Å². The number of unbranched alkanes of at least 4 members (excludes halogenated alkanes) is 3. The maximum Gasteiger partial charge on any atom is 0.157 e. The highest BCUT2D eigenvalue weighted by atomic mass is 16.7. The van der Waals surface area contributed by atoms with Crippen LogP contribution < -0.4 is 0 Å². The Morgan fingerprint density at radius 1 is 0.920 bits per heavy atom. The molecule has 0 aromatic rings. The number of ether oxygens (including phenoxy) is 3. The zero-order valence-corrected chi connectivity index (χ0v) is 16.8. The van der Waals surface area contributed by atoms with Gasteiger partial charge in [-0.25, -0.2) is 0 Å². The van der Waals surface area contributed by atoms with Gasteiger partial charge >= 0.3 is 0 Å². The molecule has 0 spiro atoms. The third kappa shape index (κ3) is 6.79. The molecule has 0 saturated carbocycles. The minimum Gasteiger partial charge on any atom is -0.378 e. The predicted molar refractivity (Wildman–Crippen MR) is 101 cm³/mol. The van der Waals surface area contributed by atoms with Gasteiger partial charge in [-0.15, -0.1) is 0 Å². The number of hydroxylamine groups is 2. The molecule has 0 bridgehead atoms. The van der Waals surface area contributed by atoms with E-state index in [1.54, 1.807) is 5.06 Å². The third-order valence-corrected chi connectivity index (χ3v) is 5.50. The van der Waals surface area contributed by atoms with E-state index in [2.05, 4.69) is 27.7 Å². The fourth-order valence-corrected chi connectivity index (χ4v) is 4.17. The third-order valence-electron chi connectivity index (χ3n) is 5.50. The van der Waals surface area contributed by atoms with E-state index in [1.807, 2.05) is 0 Å². The van der Waals surface area contributed by atoms with Crippen LogP contribution in [0.4, 0.5) is 0 Å². The van der Waals surface area contributed by atoms with Crippen LogP contribution in [0.1, 0.15) is 85.5 Å². The summed E-state index contributed by atoms with van der Waals surface area (Å²) in [6.07, 6.45) is 10.3. The van der Waals surface area contributed by atoms with Gasteiger partial charge in [0, 0.05) is 19.8 Å². The number of hydrogen-bond donors (Lipinski definition) is 0. The summed E-state index contributed by atoms with van der Waals surface area (Å²) >= 11 is 0. The van der Waals surface area contributed by atoms with Crippen LogP contribution >= 0.6 is 0 Å². The number of piperidine rings is 1. The molecule has 2 N–H and O–H groups in total. The van der Waals surface area contributed by atoms with Gasteiger partial charge in [0.05, 0.1) is 17.2 Å². The fraction of sp³-hybridized carbons (Fsp3) is 1.00. The quantitative estimate of drug-likeness (QED) is 0.465. The average Bonchev–Trinajstić information content (AvgIpc) is 2.55. The van der Waals surface area contributed by atoms with Crippen molar-refractivity contribution in [1.82, 2.24) is 5.06 Å². The van der Waals surface area contributed by atoms with E-state index in [0.29, 0.717) is 0 Å². The second-order valence-corrected chi connectivity index (χ2v) is 8.94. The minimum absolute atomic E-state index is 0.0479. The number of nitrogens with zero attached hydrogens (tertiary/aromatic N) is 1. The van der Waals surface area contributed by atoms with Gasteiger partial charge in [-0.3, -0.25) is 0 Å². The van der Waals surface area contributed by atoms with Crippen LogP contribution in [0.5, 0.6) is 0 Å². The van der Waals surface area contributed by atoms with Crippen molar-refractivity contribution in [3.63, 3.8) is 0 Å². The van der Waals surface area contributed by atoms with Crippen molar-refractivity contribution in [3.8, 4) is 0 Å². The van der Waals surface area contributed by atoms with Crippen molar-refractivity contribution < 1.29 is 19.4 Å². The first-order valence-corrected chi connectivity index (χ1v) is 10.2. The van der Waals surface area contributed by atoms with Gasteiger partial charge in [0.15, 0.2) is 6.29 Å². The Kier molecular flexibility index (Phi) is 8.15. The average molecular weight is 359 g/mol. The smallest absolute Gasteiger partial charge is 0.157 e. The molecular weight excluding hydrogens is 318 g/mol. The first-order valence-electron chi connectivity index (χ1n) is 10.2. The van der Waals surface area contributed by atoms with Crippen molar-refractivity contribution in [2.24, 2.45) is 0 Å². The highest BCUT2D eigenvalue weighted by molar-refractivity contribution is 4.96. The maximum absolute atomic E-state index is 8.31. The topological polar surface area (TPSA) is 53.8 Å². The Morgan fingerprint density at radius 3 is 2.08 bits per heavy atom. The van der Waals surface area contributed by atoms with Gasteiger partial charge in [0.1, 0.15) is 0 Å². The summed E-state index contributed by atoms with van der Waals surface area (Å²) in [7, 11) is 0. The van der Waals surface area contributed by atoms with Gasteiger partial charge < -0.3 is 19.4 Å². The molecule has 2 saturated heterocycles. The first kappa shape index (κ1) is 21.1. The monoisotopic (exact) mass is 358 g/mol. The van der Waals surface area contributed by atoms with E-state index in [0.717, 1.165) is 51.9 Å². The molecule has 5 nitrogen and oxygen atoms in total. The Morgan fingerprint density at radius 2 is 1.52 bits per heavy atom. The second-order valence-electron chi connectivity index (χ2n) is 8.94. The molecule has 2 aliphatic heterocycles. The lowest BCUT2D eigenvalue weighted by Crippen LogP contribution is -2.60. The standard InChI is InChI=1S/C20H39NO4/c1-19(2)15-17(16-20(3,4)21(19)22)23-12-8-5-6-9-13-24-18-11-7-10-14-25-18/h17-18,22H,5-16H2,1-4H3/p+1. The Hall–Kier alpha value is -0.200. The molecule has 1 atom stereocenters. The summed E-state index contributed by atoms with van der Waals surface area (Å²) in [5.41, 5.74) is -0.240. The molecule has 0 aromatic carbocycles. The normalized spacial score (nSPS) is 27.5. The lowest BCUT2D eigenvalue weighted by Gasteiger charge is -2.47. The van der Waals surface area contributed by atoms with Gasteiger partial charge in [-0.2, -0.15) is 0 Å². The van der Waals surface area contributed by atoms with E-state index in [4.69, 9.17) is 19.4 Å². The van der Waals surface area contributed by atoms with Crippen LogP contribution in [0.3, 0.4) is 0 Å². The van der Waals surface area contributed by atoms with Gasteiger partial charge in [0.2, 0.25) is 0 Å². The van der Waals surface area contributed by atoms with Gasteiger partial charge in [0.25, 0.3) is 0 Å². The zero-order chi connectivity index (χ0) is 18.3. The molecule has 2 heterocycles.